The average Bonchev–Trinajstić information content (AvgIpc) is 2.36. The molecule has 98 valence electrons. The zero-order valence-corrected chi connectivity index (χ0v) is 11.8. The van der Waals surface area contributed by atoms with Crippen LogP contribution in [0.3, 0.4) is 0 Å². The Morgan fingerprint density at radius 3 is 2.24 bits per heavy atom. The summed E-state index contributed by atoms with van der Waals surface area (Å²) in [6.07, 6.45) is 3.03. The molecule has 0 bridgehead atoms. The molecule has 2 fully saturated rings. The van der Waals surface area contributed by atoms with Crippen molar-refractivity contribution >= 4 is 31.2 Å². The minimum absolute atomic E-state index is 0.0367. The lowest BCUT2D eigenvalue weighted by Crippen LogP contribution is -2.67. The molecule has 17 heavy (non-hydrogen) atoms. The second kappa shape index (κ2) is 5.38. The molecule has 1 aliphatic carbocycles. The average molecular weight is 276 g/mol. The number of hydrogen-bond acceptors (Lipinski definition) is 6. The summed E-state index contributed by atoms with van der Waals surface area (Å²) >= 11 is 9.42. The van der Waals surface area contributed by atoms with E-state index in [1.54, 1.807) is 0 Å². The molecule has 4 nitrogen and oxygen atoms in total. The van der Waals surface area contributed by atoms with E-state index >= 15 is 0 Å². The fourth-order valence-corrected chi connectivity index (χ4v) is 3.98. The second-order valence-corrected chi connectivity index (χ2v) is 6.16. The van der Waals surface area contributed by atoms with Gasteiger partial charge in [0.1, 0.15) is 0 Å². The minimum Gasteiger partial charge on any atom is -0.467 e. The Morgan fingerprint density at radius 1 is 1.24 bits per heavy atom. The number of carbonyl (C=O) groups is 1. The van der Waals surface area contributed by atoms with Crippen molar-refractivity contribution in [3.05, 3.63) is 0 Å². The predicted octanol–water partition coefficient (Wildman–Crippen LogP) is 0.445. The number of carbonyl (C=O) groups excluding carboxylic acids is 1. The maximum atomic E-state index is 11.4. The van der Waals surface area contributed by atoms with E-state index in [0.717, 1.165) is 25.9 Å². The van der Waals surface area contributed by atoms with Crippen LogP contribution < -0.4 is 10.6 Å². The maximum Gasteiger partial charge on any atom is 0.337 e. The summed E-state index contributed by atoms with van der Waals surface area (Å²) < 4.78 is 4.72. The first-order chi connectivity index (χ1) is 8.10. The van der Waals surface area contributed by atoms with Gasteiger partial charge in [-0.2, -0.15) is 25.3 Å². The number of ether oxygens (including phenoxy) is 1. The standard InChI is InChI=1S/C11H20N2O2S2/c1-15-10(14)9-12-5-11(6-13-9)7(16)3-2-4-8(11)17/h7-9,12-13,16-17H,2-6H2,1H3. The Kier molecular flexibility index (Phi) is 4.28. The van der Waals surface area contributed by atoms with Crippen LogP contribution in [0.2, 0.25) is 0 Å². The summed E-state index contributed by atoms with van der Waals surface area (Å²) in [7, 11) is 1.40. The van der Waals surface area contributed by atoms with E-state index in [2.05, 4.69) is 10.6 Å². The highest BCUT2D eigenvalue weighted by atomic mass is 32.1. The lowest BCUT2D eigenvalue weighted by Gasteiger charge is -2.50. The molecule has 0 aromatic carbocycles. The largest absolute Gasteiger partial charge is 0.467 e. The number of rotatable bonds is 1. The highest BCUT2D eigenvalue weighted by Crippen LogP contribution is 2.43. The summed E-state index contributed by atoms with van der Waals surface area (Å²) in [5, 5.41) is 7.08. The van der Waals surface area contributed by atoms with Gasteiger partial charge in [0.05, 0.1) is 7.11 Å². The van der Waals surface area contributed by atoms with E-state index in [9.17, 15) is 4.79 Å². The van der Waals surface area contributed by atoms with Crippen LogP contribution in [0.1, 0.15) is 19.3 Å². The topological polar surface area (TPSA) is 50.4 Å². The molecule has 0 aromatic rings. The van der Waals surface area contributed by atoms with Crippen LogP contribution in [0, 0.1) is 5.41 Å². The number of nitrogens with one attached hydrogen (secondary N) is 2. The predicted molar refractivity (Wildman–Crippen MR) is 73.6 cm³/mol. The maximum absolute atomic E-state index is 11.4. The normalized spacial score (nSPS) is 42.4. The SMILES string of the molecule is COC(=O)C1NCC2(CN1)C(S)CCCC2S. The summed E-state index contributed by atoms with van der Waals surface area (Å²) in [4.78, 5) is 11.4. The summed E-state index contributed by atoms with van der Waals surface area (Å²) in [6, 6.07) is 0. The molecule has 2 aliphatic rings. The molecule has 0 aromatic heterocycles. The Balaban J connectivity index is 2.02. The second-order valence-electron chi connectivity index (χ2n) is 4.91. The minimum atomic E-state index is -0.395. The van der Waals surface area contributed by atoms with Crippen molar-refractivity contribution in [2.75, 3.05) is 20.2 Å². The van der Waals surface area contributed by atoms with Crippen molar-refractivity contribution in [3.63, 3.8) is 0 Å². The number of thiol groups is 2. The molecule has 1 saturated carbocycles. The zero-order chi connectivity index (χ0) is 12.5. The first kappa shape index (κ1) is 13.5. The Hall–Kier alpha value is 0.0900. The molecule has 0 amide bonds. The molecule has 0 radical (unpaired) electrons. The molecule has 2 N–H and O–H groups in total. The molecule has 2 atom stereocenters. The highest BCUT2D eigenvalue weighted by Gasteiger charge is 2.47. The molecule has 1 heterocycles. The van der Waals surface area contributed by atoms with Crippen LogP contribution >= 0.6 is 25.3 Å². The van der Waals surface area contributed by atoms with Gasteiger partial charge < -0.3 is 4.74 Å². The van der Waals surface area contributed by atoms with Gasteiger partial charge >= 0.3 is 5.97 Å². The van der Waals surface area contributed by atoms with Crippen LogP contribution in [0.4, 0.5) is 0 Å². The van der Waals surface area contributed by atoms with Crippen molar-refractivity contribution in [1.29, 1.82) is 0 Å². The fraction of sp³-hybridized carbons (Fsp3) is 0.909. The van der Waals surface area contributed by atoms with Crippen molar-refractivity contribution in [3.8, 4) is 0 Å². The van der Waals surface area contributed by atoms with Gasteiger partial charge in [0.15, 0.2) is 6.17 Å². The van der Waals surface area contributed by atoms with E-state index in [1.807, 2.05) is 0 Å². The monoisotopic (exact) mass is 276 g/mol. The quantitative estimate of drug-likeness (QED) is 0.415. The lowest BCUT2D eigenvalue weighted by molar-refractivity contribution is -0.145. The first-order valence-electron chi connectivity index (χ1n) is 6.01. The molecular weight excluding hydrogens is 256 g/mol. The van der Waals surface area contributed by atoms with E-state index in [0.29, 0.717) is 10.5 Å². The third-order valence-corrected chi connectivity index (χ3v) is 5.53. The number of hydrogen-bond donors (Lipinski definition) is 4. The number of methoxy groups -OCH3 is 1. The van der Waals surface area contributed by atoms with Crippen molar-refractivity contribution in [2.24, 2.45) is 5.41 Å². The third-order valence-electron chi connectivity index (χ3n) is 3.99. The Bertz CT molecular complexity index is 281. The fourth-order valence-electron chi connectivity index (χ4n) is 2.78. The zero-order valence-electron chi connectivity index (χ0n) is 9.98. The smallest absolute Gasteiger partial charge is 0.337 e. The molecule has 1 saturated heterocycles. The van der Waals surface area contributed by atoms with Gasteiger partial charge in [-0.15, -0.1) is 0 Å². The third kappa shape index (κ3) is 2.45. The van der Waals surface area contributed by atoms with Crippen LogP contribution in [0.5, 0.6) is 0 Å². The van der Waals surface area contributed by atoms with Gasteiger partial charge in [-0.1, -0.05) is 6.42 Å². The summed E-state index contributed by atoms with van der Waals surface area (Å²) in [5.74, 6) is -0.262. The van der Waals surface area contributed by atoms with E-state index in [1.165, 1.54) is 13.5 Å². The molecule has 6 heteroatoms. The summed E-state index contributed by atoms with van der Waals surface area (Å²) in [6.45, 7) is 1.53. The summed E-state index contributed by atoms with van der Waals surface area (Å²) in [5.41, 5.74) is 0.0367. The molecular formula is C11H20N2O2S2. The first-order valence-corrected chi connectivity index (χ1v) is 7.04. The van der Waals surface area contributed by atoms with Gasteiger partial charge in [-0.05, 0) is 12.8 Å². The van der Waals surface area contributed by atoms with Gasteiger partial charge in [0.25, 0.3) is 0 Å². The van der Waals surface area contributed by atoms with E-state index in [4.69, 9.17) is 30.0 Å². The molecule has 2 unspecified atom stereocenters. The van der Waals surface area contributed by atoms with Crippen molar-refractivity contribution in [1.82, 2.24) is 10.6 Å². The van der Waals surface area contributed by atoms with Crippen LogP contribution in [-0.4, -0.2) is 42.8 Å². The molecule has 2 rings (SSSR count). The van der Waals surface area contributed by atoms with Crippen LogP contribution in [0.15, 0.2) is 0 Å². The molecule has 1 spiro atoms. The highest BCUT2D eigenvalue weighted by molar-refractivity contribution is 7.82. The van der Waals surface area contributed by atoms with Crippen molar-refractivity contribution < 1.29 is 9.53 Å². The van der Waals surface area contributed by atoms with Gasteiger partial charge in [0.2, 0.25) is 0 Å². The van der Waals surface area contributed by atoms with E-state index < -0.39 is 6.17 Å². The van der Waals surface area contributed by atoms with E-state index in [-0.39, 0.29) is 11.4 Å². The number of esters is 1. The molecule has 1 aliphatic heterocycles. The van der Waals surface area contributed by atoms with Crippen LogP contribution in [0.25, 0.3) is 0 Å². The van der Waals surface area contributed by atoms with Crippen LogP contribution in [-0.2, 0) is 9.53 Å². The van der Waals surface area contributed by atoms with Crippen molar-refractivity contribution in [2.45, 2.75) is 35.9 Å². The van der Waals surface area contributed by atoms with Gasteiger partial charge in [-0.3, -0.25) is 10.6 Å². The van der Waals surface area contributed by atoms with Gasteiger partial charge in [0, 0.05) is 29.0 Å². The Morgan fingerprint density at radius 2 is 1.76 bits per heavy atom. The Labute approximate surface area is 113 Å². The van der Waals surface area contributed by atoms with Gasteiger partial charge in [-0.25, -0.2) is 4.79 Å². The lowest BCUT2D eigenvalue weighted by atomic mass is 9.72.